The highest BCUT2D eigenvalue weighted by Gasteiger charge is 2.44. The van der Waals surface area contributed by atoms with Crippen molar-refractivity contribution in [3.05, 3.63) is 41.2 Å². The van der Waals surface area contributed by atoms with Gasteiger partial charge >= 0.3 is 5.97 Å². The van der Waals surface area contributed by atoms with Crippen LogP contribution in [0.15, 0.2) is 30.6 Å². The molecular weight excluding hydrogens is 578 g/mol. The molecule has 2 aromatic heterocycles. The average molecular weight is 601 g/mol. The molecule has 3 aromatic rings. The average Bonchev–Trinajstić information content (AvgIpc) is 3.58. The van der Waals surface area contributed by atoms with Crippen LogP contribution >= 0.6 is 22.9 Å². The van der Waals surface area contributed by atoms with Crippen molar-refractivity contribution in [2.45, 2.75) is 37.3 Å². The summed E-state index contributed by atoms with van der Waals surface area (Å²) in [7, 11) is -3.32. The van der Waals surface area contributed by atoms with Crippen LogP contribution in [0, 0.1) is 0 Å². The number of carboxylic acid groups (broad SMARTS) is 1. The normalized spacial score (nSPS) is 19.8. The Bertz CT molecular complexity index is 1530. The van der Waals surface area contributed by atoms with Gasteiger partial charge in [0.05, 0.1) is 12.7 Å². The highest BCUT2D eigenvalue weighted by Crippen LogP contribution is 2.38. The summed E-state index contributed by atoms with van der Waals surface area (Å²) in [4.78, 5) is 36.3. The molecule has 4 heterocycles. The number of aliphatic carboxylic acids is 1. The van der Waals surface area contributed by atoms with E-state index in [4.69, 9.17) is 17.3 Å². The molecule has 2 aliphatic rings. The molecule has 0 unspecified atom stereocenters. The molecule has 0 radical (unpaired) electrons. The maximum absolute atomic E-state index is 13.6. The zero-order valence-electron chi connectivity index (χ0n) is 20.2. The zero-order valence-corrected chi connectivity index (χ0v) is 22.6. The van der Waals surface area contributed by atoms with Gasteiger partial charge in [0, 0.05) is 42.5 Å². The van der Waals surface area contributed by atoms with E-state index < -0.39 is 47.3 Å². The van der Waals surface area contributed by atoms with Crippen molar-refractivity contribution in [1.82, 2.24) is 14.9 Å². The maximum Gasteiger partial charge on any atom is 0.326 e. The van der Waals surface area contributed by atoms with Crippen molar-refractivity contribution in [2.75, 3.05) is 34.6 Å². The number of anilines is 3. The predicted octanol–water partition coefficient (Wildman–Crippen LogP) is 2.40. The van der Waals surface area contributed by atoms with Crippen LogP contribution in [0.5, 0.6) is 0 Å². The number of thiol groups is 1. The predicted molar refractivity (Wildman–Crippen MR) is 143 cm³/mol. The molecule has 1 aromatic carbocycles. The van der Waals surface area contributed by atoms with Crippen molar-refractivity contribution >= 4 is 72.4 Å². The first kappa shape index (κ1) is 27.3. The molecule has 1 amide bonds. The number of carboxylic acids is 1. The van der Waals surface area contributed by atoms with E-state index in [1.807, 2.05) is 0 Å². The van der Waals surface area contributed by atoms with Gasteiger partial charge in [-0.05, 0) is 35.6 Å². The Hall–Kier alpha value is -3.30. The van der Waals surface area contributed by atoms with Gasteiger partial charge in [-0.2, -0.15) is 0 Å². The lowest BCUT2D eigenvalue weighted by molar-refractivity contribution is -0.148. The van der Waals surface area contributed by atoms with Gasteiger partial charge in [0.2, 0.25) is 16.8 Å². The monoisotopic (exact) mass is 600 g/mol. The summed E-state index contributed by atoms with van der Waals surface area (Å²) >= 11 is 7.30. The molecule has 208 valence electrons. The number of fused-ring (bicyclic) bond motifs is 1. The second-order valence-corrected chi connectivity index (χ2v) is 11.6. The Kier molecular flexibility index (Phi) is 7.24. The van der Waals surface area contributed by atoms with E-state index in [9.17, 15) is 31.9 Å². The van der Waals surface area contributed by atoms with Crippen molar-refractivity contribution in [1.29, 1.82) is 0 Å². The number of carbonyl (C=O) groups is 2. The number of nitrogen functional groups attached to an aromatic ring is 1. The number of hydrogen-bond donors (Lipinski definition) is 3. The van der Waals surface area contributed by atoms with E-state index in [1.165, 1.54) is 17.3 Å². The Balaban J connectivity index is 1.38. The van der Waals surface area contributed by atoms with Crippen LogP contribution in [0.1, 0.15) is 18.4 Å². The van der Waals surface area contributed by atoms with Crippen LogP contribution < -0.4 is 14.9 Å². The summed E-state index contributed by atoms with van der Waals surface area (Å²) in [5.41, 5.74) is 6.37. The maximum atomic E-state index is 13.6. The molecule has 3 N–H and O–H groups in total. The minimum Gasteiger partial charge on any atom is -0.480 e. The van der Waals surface area contributed by atoms with Crippen LogP contribution in [0.4, 0.5) is 24.7 Å². The number of aromatic nitrogens is 2. The summed E-state index contributed by atoms with van der Waals surface area (Å²) in [5.74, 6) is -4.55. The molecule has 0 bridgehead atoms. The van der Waals surface area contributed by atoms with Crippen LogP contribution in [-0.4, -0.2) is 77.9 Å². The lowest BCUT2D eigenvalue weighted by Gasteiger charge is -2.27. The number of hydrogen-bond acceptors (Lipinski definition) is 9. The van der Waals surface area contributed by atoms with Gasteiger partial charge < -0.3 is 20.6 Å². The topological polar surface area (TPSA) is 150 Å². The molecule has 2 atom stereocenters. The summed E-state index contributed by atoms with van der Waals surface area (Å²) in [6.07, 6.45) is 2.31. The summed E-state index contributed by atoms with van der Waals surface area (Å²) in [6, 6.07) is 2.47. The summed E-state index contributed by atoms with van der Waals surface area (Å²) in [5, 5.41) is 11.9. The Labute approximate surface area is 231 Å². The zero-order chi connectivity index (χ0) is 28.1. The number of nitrogens with two attached hydrogens (primary N) is 1. The third kappa shape index (κ3) is 5.30. The van der Waals surface area contributed by atoms with E-state index in [1.54, 1.807) is 18.2 Å². The van der Waals surface area contributed by atoms with Crippen molar-refractivity contribution in [3.8, 4) is 0 Å². The van der Waals surface area contributed by atoms with Crippen LogP contribution in [-0.2, 0) is 26.9 Å². The van der Waals surface area contributed by atoms with Crippen molar-refractivity contribution in [3.63, 3.8) is 0 Å². The smallest absolute Gasteiger partial charge is 0.326 e. The first-order chi connectivity index (χ1) is 18.4. The minimum absolute atomic E-state index is 0.00772. The molecule has 2 fully saturated rings. The Morgan fingerprint density at radius 2 is 2.10 bits per heavy atom. The van der Waals surface area contributed by atoms with E-state index in [2.05, 4.69) is 9.97 Å². The van der Waals surface area contributed by atoms with Gasteiger partial charge in [-0.1, -0.05) is 22.9 Å². The molecule has 16 heteroatoms. The lowest BCUT2D eigenvalue weighted by Crippen LogP contribution is -2.48. The fourth-order valence-electron chi connectivity index (χ4n) is 4.94. The molecule has 11 nitrogen and oxygen atoms in total. The molecule has 2 saturated heterocycles. The molecule has 0 spiro atoms. The van der Waals surface area contributed by atoms with E-state index in [0.717, 1.165) is 20.5 Å². The fraction of sp³-hybridized carbons (Fsp3) is 0.391. The number of thiazole rings is 1. The van der Waals surface area contributed by atoms with Gasteiger partial charge in [-0.15, -0.1) is 0 Å². The van der Waals surface area contributed by atoms with Gasteiger partial charge in [0.1, 0.15) is 22.9 Å². The van der Waals surface area contributed by atoms with Crippen molar-refractivity contribution < 1.29 is 31.9 Å². The highest BCUT2D eigenvalue weighted by atomic mass is 35.5. The van der Waals surface area contributed by atoms with E-state index in [-0.39, 0.29) is 53.3 Å². The SMILES string of the molecule is Nc1nccc2cc(C[C@H](C(=O)O)N3CC[C@H](N(c4cnc(N5CCC(F)(F)C5)s4)[SH](=O)=O)C3=O)c(Cl)cc12. The fourth-order valence-corrected chi connectivity index (χ4v) is 7.06. The first-order valence-electron chi connectivity index (χ1n) is 11.8. The second-order valence-electron chi connectivity index (χ2n) is 9.35. The molecule has 2 aliphatic heterocycles. The molecule has 5 rings (SSSR count). The van der Waals surface area contributed by atoms with Gasteiger partial charge in [-0.3, -0.25) is 4.79 Å². The number of halogens is 3. The van der Waals surface area contributed by atoms with Crippen molar-refractivity contribution in [2.24, 2.45) is 0 Å². The van der Waals surface area contributed by atoms with Gasteiger partial charge in [0.15, 0.2) is 5.13 Å². The number of pyridine rings is 1. The second kappa shape index (κ2) is 10.4. The largest absolute Gasteiger partial charge is 0.480 e. The van der Waals surface area contributed by atoms with Crippen LogP contribution in [0.25, 0.3) is 10.8 Å². The third-order valence-electron chi connectivity index (χ3n) is 6.87. The van der Waals surface area contributed by atoms with Gasteiger partial charge in [0.25, 0.3) is 5.92 Å². The van der Waals surface area contributed by atoms with Crippen LogP contribution in [0.3, 0.4) is 0 Å². The number of nitrogens with zero attached hydrogens (tertiary/aromatic N) is 5. The van der Waals surface area contributed by atoms with Crippen LogP contribution in [0.2, 0.25) is 5.02 Å². The quantitative estimate of drug-likeness (QED) is 0.331. The molecule has 0 aliphatic carbocycles. The molecule has 39 heavy (non-hydrogen) atoms. The van der Waals surface area contributed by atoms with E-state index in [0.29, 0.717) is 16.3 Å². The molecular formula is C23H23ClF2N6O5S2. The summed E-state index contributed by atoms with van der Waals surface area (Å²) in [6.45, 7) is -0.465. The number of carbonyl (C=O) groups excluding carboxylic acids is 1. The first-order valence-corrected chi connectivity index (χ1v) is 14.2. The third-order valence-corrected chi connectivity index (χ3v) is 9.26. The molecule has 0 saturated carbocycles. The number of alkyl halides is 2. The number of likely N-dealkylation sites (tertiary alicyclic amines) is 1. The highest BCUT2D eigenvalue weighted by molar-refractivity contribution is 7.74. The number of benzene rings is 1. The summed E-state index contributed by atoms with van der Waals surface area (Å²) < 4.78 is 52.7. The Morgan fingerprint density at radius 3 is 2.77 bits per heavy atom. The number of amides is 1. The minimum atomic E-state index is -3.32. The number of rotatable bonds is 8. The Morgan fingerprint density at radius 1 is 1.33 bits per heavy atom. The lowest BCUT2D eigenvalue weighted by atomic mass is 10.0. The van der Waals surface area contributed by atoms with E-state index >= 15 is 0 Å². The standard InChI is InChI=1S/C23H23ClF2N6O5S2/c24-15-9-14-12(1-4-28-19(14)27)7-13(15)8-17(21(34)35)31-5-2-16(20(31)33)32(39(36)37)18-10-29-22(38-18)30-6-3-23(25,26)11-30/h1,4,7,9-10,16-17,39H,2-3,5-6,8,11H2,(H2,27,28)(H,34,35)/t16-,17+/m0/s1. The van der Waals surface area contributed by atoms with Gasteiger partial charge in [-0.25, -0.2) is 36.3 Å².